The minimum atomic E-state index is -0.208. The second-order valence-corrected chi connectivity index (χ2v) is 6.02. The van der Waals surface area contributed by atoms with Gasteiger partial charge in [0.25, 0.3) is 5.91 Å². The van der Waals surface area contributed by atoms with Gasteiger partial charge in [0.2, 0.25) is 0 Å². The van der Waals surface area contributed by atoms with Crippen molar-refractivity contribution in [2.24, 2.45) is 5.92 Å². The van der Waals surface area contributed by atoms with Gasteiger partial charge >= 0.3 is 0 Å². The molecule has 1 aliphatic heterocycles. The minimum absolute atomic E-state index is 0.133. The van der Waals surface area contributed by atoms with Gasteiger partial charge in [-0.05, 0) is 44.1 Å². The summed E-state index contributed by atoms with van der Waals surface area (Å²) in [4.78, 5) is 14.8. The molecular weight excluding hydrogens is 250 g/mol. The molecule has 0 aromatic heterocycles. The van der Waals surface area contributed by atoms with Crippen LogP contribution in [-0.2, 0) is 9.53 Å². The number of ether oxygens (including phenoxy) is 1. The summed E-state index contributed by atoms with van der Waals surface area (Å²) in [6.45, 7) is 3.74. The van der Waals surface area contributed by atoms with Crippen molar-refractivity contribution < 1.29 is 9.53 Å². The molecule has 0 unspecified atom stereocenters. The molecule has 0 spiro atoms. The summed E-state index contributed by atoms with van der Waals surface area (Å²) in [5, 5.41) is 0. The van der Waals surface area contributed by atoms with E-state index in [0.717, 1.165) is 26.0 Å². The highest BCUT2D eigenvalue weighted by molar-refractivity contribution is 5.81. The Morgan fingerprint density at radius 1 is 1.30 bits per heavy atom. The number of hydrogen-bond acceptors (Lipinski definition) is 2. The van der Waals surface area contributed by atoms with Crippen LogP contribution in [0.2, 0.25) is 0 Å². The van der Waals surface area contributed by atoms with Gasteiger partial charge in [-0.3, -0.25) is 4.79 Å². The van der Waals surface area contributed by atoms with E-state index in [1.807, 2.05) is 23.1 Å². The van der Waals surface area contributed by atoms with E-state index in [0.29, 0.717) is 5.92 Å². The molecule has 3 nitrogen and oxygen atoms in total. The third-order valence-electron chi connectivity index (χ3n) is 4.39. The number of carbonyl (C=O) groups excluding carboxylic acids is 1. The normalized spacial score (nSPS) is 23.6. The molecule has 0 bridgehead atoms. The topological polar surface area (TPSA) is 29.5 Å². The van der Waals surface area contributed by atoms with Crippen LogP contribution in [0.3, 0.4) is 0 Å². The smallest absolute Gasteiger partial charge is 0.252 e. The number of nitrogens with zero attached hydrogens (tertiary/aromatic N) is 1. The standard InChI is InChI=1S/C17H23NO2/c1-13(15-6-3-2-4-7-15)18(12-14-9-10-14)17(19)16-8-5-11-20-16/h2-4,6-7,13-14,16H,5,8-12H2,1H3/t13-,16+/m1/s1. The molecule has 2 atom stereocenters. The van der Waals surface area contributed by atoms with E-state index < -0.39 is 0 Å². The third-order valence-corrected chi connectivity index (χ3v) is 4.39. The van der Waals surface area contributed by atoms with Crippen LogP contribution >= 0.6 is 0 Å². The summed E-state index contributed by atoms with van der Waals surface area (Å²) >= 11 is 0. The Kier molecular flexibility index (Phi) is 4.06. The lowest BCUT2D eigenvalue weighted by Crippen LogP contribution is -2.41. The number of benzene rings is 1. The Morgan fingerprint density at radius 2 is 2.05 bits per heavy atom. The largest absolute Gasteiger partial charge is 0.368 e. The molecule has 1 aromatic carbocycles. The van der Waals surface area contributed by atoms with Crippen molar-refractivity contribution >= 4 is 5.91 Å². The summed E-state index contributed by atoms with van der Waals surface area (Å²) in [5.41, 5.74) is 1.21. The predicted molar refractivity (Wildman–Crippen MR) is 78.3 cm³/mol. The van der Waals surface area contributed by atoms with Crippen molar-refractivity contribution in [1.29, 1.82) is 0 Å². The van der Waals surface area contributed by atoms with Crippen LogP contribution in [0, 0.1) is 5.92 Å². The highest BCUT2D eigenvalue weighted by Crippen LogP contribution is 2.33. The number of rotatable bonds is 5. The van der Waals surface area contributed by atoms with Crippen LogP contribution in [0.1, 0.15) is 44.2 Å². The summed E-state index contributed by atoms with van der Waals surface area (Å²) in [7, 11) is 0. The fourth-order valence-corrected chi connectivity index (χ4v) is 2.89. The van der Waals surface area contributed by atoms with E-state index in [2.05, 4.69) is 19.1 Å². The van der Waals surface area contributed by atoms with Crippen LogP contribution in [0.4, 0.5) is 0 Å². The monoisotopic (exact) mass is 273 g/mol. The maximum atomic E-state index is 12.7. The first-order valence-corrected chi connectivity index (χ1v) is 7.72. The molecule has 0 radical (unpaired) electrons. The minimum Gasteiger partial charge on any atom is -0.368 e. The van der Waals surface area contributed by atoms with Crippen LogP contribution in [0.25, 0.3) is 0 Å². The molecule has 1 saturated heterocycles. The molecule has 1 amide bonds. The Labute approximate surface area is 120 Å². The Morgan fingerprint density at radius 3 is 2.65 bits per heavy atom. The maximum Gasteiger partial charge on any atom is 0.252 e. The molecule has 2 aliphatic rings. The van der Waals surface area contributed by atoms with E-state index >= 15 is 0 Å². The molecule has 3 rings (SSSR count). The van der Waals surface area contributed by atoms with Crippen molar-refractivity contribution in [1.82, 2.24) is 4.90 Å². The first kappa shape index (κ1) is 13.6. The zero-order valence-electron chi connectivity index (χ0n) is 12.1. The molecule has 2 fully saturated rings. The van der Waals surface area contributed by atoms with E-state index in [1.165, 1.54) is 18.4 Å². The van der Waals surface area contributed by atoms with Crippen LogP contribution < -0.4 is 0 Å². The van der Waals surface area contributed by atoms with E-state index in [1.54, 1.807) is 0 Å². The number of amides is 1. The van der Waals surface area contributed by atoms with Gasteiger partial charge in [0.15, 0.2) is 0 Å². The summed E-state index contributed by atoms with van der Waals surface area (Å²) < 4.78 is 5.59. The molecule has 1 saturated carbocycles. The van der Waals surface area contributed by atoms with Crippen LogP contribution in [0.5, 0.6) is 0 Å². The Bertz CT molecular complexity index is 449. The molecular formula is C17H23NO2. The fourth-order valence-electron chi connectivity index (χ4n) is 2.89. The van der Waals surface area contributed by atoms with Crippen molar-refractivity contribution in [3.8, 4) is 0 Å². The van der Waals surface area contributed by atoms with Gasteiger partial charge in [0.1, 0.15) is 6.10 Å². The highest BCUT2D eigenvalue weighted by Gasteiger charge is 2.35. The molecule has 1 aliphatic carbocycles. The highest BCUT2D eigenvalue weighted by atomic mass is 16.5. The van der Waals surface area contributed by atoms with E-state index in [4.69, 9.17) is 4.74 Å². The SMILES string of the molecule is C[C@H](c1ccccc1)N(CC1CC1)C(=O)[C@@H]1CCCO1. The second-order valence-electron chi connectivity index (χ2n) is 6.02. The van der Waals surface area contributed by atoms with Gasteiger partial charge in [-0.2, -0.15) is 0 Å². The van der Waals surface area contributed by atoms with Gasteiger partial charge in [0, 0.05) is 13.2 Å². The first-order valence-electron chi connectivity index (χ1n) is 7.72. The summed E-state index contributed by atoms with van der Waals surface area (Å²) in [6, 6.07) is 10.4. The lowest BCUT2D eigenvalue weighted by atomic mass is 10.1. The quantitative estimate of drug-likeness (QED) is 0.824. The molecule has 1 heterocycles. The Hall–Kier alpha value is -1.35. The van der Waals surface area contributed by atoms with Crippen LogP contribution in [0.15, 0.2) is 30.3 Å². The average molecular weight is 273 g/mol. The van der Waals surface area contributed by atoms with Crippen molar-refractivity contribution in [2.45, 2.75) is 44.8 Å². The number of hydrogen-bond donors (Lipinski definition) is 0. The lowest BCUT2D eigenvalue weighted by molar-refractivity contribution is -0.143. The van der Waals surface area contributed by atoms with E-state index in [9.17, 15) is 4.79 Å². The lowest BCUT2D eigenvalue weighted by Gasteiger charge is -2.31. The van der Waals surface area contributed by atoms with Crippen molar-refractivity contribution in [2.75, 3.05) is 13.2 Å². The molecule has 0 N–H and O–H groups in total. The maximum absolute atomic E-state index is 12.7. The molecule has 20 heavy (non-hydrogen) atoms. The third kappa shape index (κ3) is 3.04. The van der Waals surface area contributed by atoms with Crippen molar-refractivity contribution in [3.05, 3.63) is 35.9 Å². The molecule has 108 valence electrons. The average Bonchev–Trinajstić information content (AvgIpc) is 3.14. The van der Waals surface area contributed by atoms with Gasteiger partial charge in [0.05, 0.1) is 6.04 Å². The van der Waals surface area contributed by atoms with Gasteiger partial charge in [-0.25, -0.2) is 0 Å². The first-order chi connectivity index (χ1) is 9.75. The number of carbonyl (C=O) groups is 1. The molecule has 1 aromatic rings. The van der Waals surface area contributed by atoms with Gasteiger partial charge in [-0.15, -0.1) is 0 Å². The predicted octanol–water partition coefficient (Wildman–Crippen LogP) is 3.17. The van der Waals surface area contributed by atoms with Gasteiger partial charge < -0.3 is 9.64 Å². The second kappa shape index (κ2) is 5.96. The zero-order valence-corrected chi connectivity index (χ0v) is 12.1. The fraction of sp³-hybridized carbons (Fsp3) is 0.588. The summed E-state index contributed by atoms with van der Waals surface area (Å²) in [6.07, 6.45) is 4.20. The van der Waals surface area contributed by atoms with Gasteiger partial charge in [-0.1, -0.05) is 30.3 Å². The van der Waals surface area contributed by atoms with E-state index in [-0.39, 0.29) is 18.1 Å². The zero-order chi connectivity index (χ0) is 13.9. The molecule has 3 heteroatoms. The van der Waals surface area contributed by atoms with Crippen molar-refractivity contribution in [3.63, 3.8) is 0 Å². The van der Waals surface area contributed by atoms with Crippen LogP contribution in [-0.4, -0.2) is 30.1 Å². The summed E-state index contributed by atoms with van der Waals surface area (Å²) in [5.74, 6) is 0.886. The Balaban J connectivity index is 1.75.